The van der Waals surface area contributed by atoms with Gasteiger partial charge in [0.1, 0.15) is 5.60 Å². The minimum absolute atomic E-state index is 0.0456. The van der Waals surface area contributed by atoms with E-state index in [1.807, 2.05) is 0 Å². The second-order valence-corrected chi connectivity index (χ2v) is 6.07. The van der Waals surface area contributed by atoms with Gasteiger partial charge in [-0.05, 0) is 33.6 Å². The Hall–Kier alpha value is -0.810. The van der Waals surface area contributed by atoms with Crippen molar-refractivity contribution in [3.63, 3.8) is 0 Å². The van der Waals surface area contributed by atoms with Crippen molar-refractivity contribution in [2.75, 3.05) is 25.6 Å². The van der Waals surface area contributed by atoms with Crippen molar-refractivity contribution in [3.05, 3.63) is 0 Å². The van der Waals surface area contributed by atoms with Crippen LogP contribution in [0.25, 0.3) is 0 Å². The molecule has 5 nitrogen and oxygen atoms in total. The molecule has 0 aliphatic carbocycles. The summed E-state index contributed by atoms with van der Waals surface area (Å²) < 4.78 is 10.4. The summed E-state index contributed by atoms with van der Waals surface area (Å²) in [5.41, 5.74) is -1.17. The highest BCUT2D eigenvalue weighted by atomic mass is 35.5. The molecular formula is C13H22ClNO4. The minimum atomic E-state index is -0.614. The maximum atomic E-state index is 12.0. The number of carbonyl (C=O) groups excluding carboxylic acids is 2. The van der Waals surface area contributed by atoms with E-state index in [4.69, 9.17) is 21.1 Å². The van der Waals surface area contributed by atoms with Crippen molar-refractivity contribution in [1.29, 1.82) is 0 Å². The fraction of sp³-hybridized carbons (Fsp3) is 0.846. The summed E-state index contributed by atoms with van der Waals surface area (Å²) in [4.78, 5) is 23.7. The second-order valence-electron chi connectivity index (χ2n) is 5.80. The van der Waals surface area contributed by atoms with Crippen molar-refractivity contribution in [3.8, 4) is 0 Å². The number of ether oxygens (including phenoxy) is 2. The molecule has 0 aromatic rings. The Labute approximate surface area is 119 Å². The second kappa shape index (κ2) is 6.57. The normalized spacial score (nSPS) is 18.7. The molecule has 1 amide bonds. The Kier molecular flexibility index (Phi) is 5.62. The number of rotatable bonds is 4. The van der Waals surface area contributed by atoms with E-state index in [9.17, 15) is 9.59 Å². The van der Waals surface area contributed by atoms with E-state index in [1.54, 1.807) is 20.8 Å². The molecule has 1 aliphatic rings. The van der Waals surface area contributed by atoms with Gasteiger partial charge in [-0.1, -0.05) is 0 Å². The van der Waals surface area contributed by atoms with E-state index in [0.29, 0.717) is 26.1 Å². The van der Waals surface area contributed by atoms with Crippen LogP contribution in [0.2, 0.25) is 0 Å². The van der Waals surface area contributed by atoms with E-state index in [1.165, 1.54) is 0 Å². The summed E-state index contributed by atoms with van der Waals surface area (Å²) in [5, 5.41) is 2.67. The first-order chi connectivity index (χ1) is 8.79. The van der Waals surface area contributed by atoms with Crippen molar-refractivity contribution in [2.24, 2.45) is 5.41 Å². The highest BCUT2D eigenvalue weighted by molar-refractivity contribution is 6.28. The molecule has 19 heavy (non-hydrogen) atoms. The van der Waals surface area contributed by atoms with E-state index < -0.39 is 17.1 Å². The molecule has 110 valence electrons. The molecule has 1 saturated heterocycles. The molecule has 1 aliphatic heterocycles. The lowest BCUT2D eigenvalue weighted by Gasteiger charge is -2.35. The Balaban J connectivity index is 2.59. The Morgan fingerprint density at radius 2 is 1.89 bits per heavy atom. The Morgan fingerprint density at radius 1 is 1.32 bits per heavy atom. The van der Waals surface area contributed by atoms with Gasteiger partial charge >= 0.3 is 6.09 Å². The number of alkyl carbamates (subject to hydrolysis) is 1. The van der Waals surface area contributed by atoms with Gasteiger partial charge in [0.05, 0.1) is 11.3 Å². The lowest BCUT2D eigenvalue weighted by Crippen LogP contribution is -2.48. The zero-order valence-corrected chi connectivity index (χ0v) is 12.5. The Morgan fingerprint density at radius 3 is 2.37 bits per heavy atom. The number of nitrogens with one attached hydrogen (secondary N) is 1. The topological polar surface area (TPSA) is 64.6 Å². The van der Waals surface area contributed by atoms with E-state index in [0.717, 1.165) is 0 Å². The number of halogens is 1. The van der Waals surface area contributed by atoms with Crippen LogP contribution < -0.4 is 5.32 Å². The first kappa shape index (κ1) is 16.2. The molecular weight excluding hydrogens is 270 g/mol. The molecule has 1 rings (SSSR count). The van der Waals surface area contributed by atoms with Crippen LogP contribution in [0, 0.1) is 5.41 Å². The zero-order chi connectivity index (χ0) is 14.5. The number of carbonyl (C=O) groups is 2. The maximum Gasteiger partial charge on any atom is 0.407 e. The highest BCUT2D eigenvalue weighted by Crippen LogP contribution is 2.31. The van der Waals surface area contributed by atoms with Crippen molar-refractivity contribution in [1.82, 2.24) is 5.32 Å². The maximum absolute atomic E-state index is 12.0. The lowest BCUT2D eigenvalue weighted by molar-refractivity contribution is -0.131. The number of hydrogen-bond acceptors (Lipinski definition) is 4. The molecule has 1 fully saturated rings. The molecule has 1 N–H and O–H groups in total. The summed E-state index contributed by atoms with van der Waals surface area (Å²) in [7, 11) is 0. The zero-order valence-electron chi connectivity index (χ0n) is 11.8. The highest BCUT2D eigenvalue weighted by Gasteiger charge is 2.39. The number of Topliss-reactive ketones (excluding diaryl/α,β-unsaturated/α-hetero) is 1. The van der Waals surface area contributed by atoms with Crippen LogP contribution in [0.1, 0.15) is 33.6 Å². The van der Waals surface area contributed by atoms with Crippen molar-refractivity contribution >= 4 is 23.5 Å². The largest absolute Gasteiger partial charge is 0.444 e. The molecule has 0 spiro atoms. The third kappa shape index (κ3) is 4.99. The molecule has 6 heteroatoms. The molecule has 0 aromatic carbocycles. The molecule has 0 aromatic heterocycles. The third-order valence-corrected chi connectivity index (χ3v) is 3.38. The first-order valence-corrected chi connectivity index (χ1v) is 6.96. The standard InChI is InChI=1S/C13H22ClNO4/c1-12(2,3)19-11(17)15-9-13(10(16)8-14)4-6-18-7-5-13/h4-9H2,1-3H3,(H,15,17). The third-order valence-electron chi connectivity index (χ3n) is 3.13. The Bertz CT molecular complexity index is 332. The van der Waals surface area contributed by atoms with Crippen molar-refractivity contribution in [2.45, 2.75) is 39.2 Å². The minimum Gasteiger partial charge on any atom is -0.444 e. The number of amides is 1. The summed E-state index contributed by atoms with van der Waals surface area (Å²) in [6, 6.07) is 0. The van der Waals surface area contributed by atoms with E-state index >= 15 is 0 Å². The fourth-order valence-electron chi connectivity index (χ4n) is 2.01. The smallest absolute Gasteiger partial charge is 0.407 e. The molecule has 0 bridgehead atoms. The van der Waals surface area contributed by atoms with Gasteiger partial charge in [0.2, 0.25) is 0 Å². The van der Waals surface area contributed by atoms with Crippen LogP contribution >= 0.6 is 11.6 Å². The molecule has 0 atom stereocenters. The van der Waals surface area contributed by atoms with Crippen LogP contribution in [-0.2, 0) is 14.3 Å². The number of hydrogen-bond donors (Lipinski definition) is 1. The van der Waals surface area contributed by atoms with Crippen LogP contribution in [0.15, 0.2) is 0 Å². The first-order valence-electron chi connectivity index (χ1n) is 6.43. The van der Waals surface area contributed by atoms with Gasteiger partial charge in [-0.15, -0.1) is 11.6 Å². The lowest BCUT2D eigenvalue weighted by atomic mass is 9.77. The van der Waals surface area contributed by atoms with Gasteiger partial charge in [0.25, 0.3) is 0 Å². The summed E-state index contributed by atoms with van der Waals surface area (Å²) in [6.45, 7) is 6.65. The number of alkyl halides is 1. The molecule has 0 saturated carbocycles. The quantitative estimate of drug-likeness (QED) is 0.806. The average molecular weight is 292 g/mol. The fourth-order valence-corrected chi connectivity index (χ4v) is 2.30. The van der Waals surface area contributed by atoms with Gasteiger partial charge in [-0.3, -0.25) is 4.79 Å². The molecule has 1 heterocycles. The SMILES string of the molecule is CC(C)(C)OC(=O)NCC1(C(=O)CCl)CCOCC1. The van der Waals surface area contributed by atoms with Gasteiger partial charge < -0.3 is 14.8 Å². The van der Waals surface area contributed by atoms with E-state index in [2.05, 4.69) is 5.32 Å². The average Bonchev–Trinajstić information content (AvgIpc) is 2.34. The van der Waals surface area contributed by atoms with Gasteiger partial charge in [-0.2, -0.15) is 0 Å². The molecule has 0 unspecified atom stereocenters. The summed E-state index contributed by atoms with van der Waals surface area (Å²) in [5.74, 6) is -0.0933. The number of ketones is 1. The summed E-state index contributed by atoms with van der Waals surface area (Å²) >= 11 is 5.66. The van der Waals surface area contributed by atoms with E-state index in [-0.39, 0.29) is 18.2 Å². The van der Waals surface area contributed by atoms with Crippen LogP contribution in [0.5, 0.6) is 0 Å². The van der Waals surface area contributed by atoms with Crippen LogP contribution in [0.4, 0.5) is 4.79 Å². The predicted molar refractivity (Wildman–Crippen MR) is 72.4 cm³/mol. The van der Waals surface area contributed by atoms with Gasteiger partial charge in [0.15, 0.2) is 5.78 Å². The summed E-state index contributed by atoms with van der Waals surface area (Å²) in [6.07, 6.45) is 0.642. The van der Waals surface area contributed by atoms with Crippen molar-refractivity contribution < 1.29 is 19.1 Å². The predicted octanol–water partition coefficient (Wildman–Crippen LogP) is 2.12. The van der Waals surface area contributed by atoms with Gasteiger partial charge in [0, 0.05) is 19.8 Å². The van der Waals surface area contributed by atoms with Crippen LogP contribution in [-0.4, -0.2) is 43.1 Å². The van der Waals surface area contributed by atoms with Gasteiger partial charge in [-0.25, -0.2) is 4.79 Å². The monoisotopic (exact) mass is 291 g/mol. The van der Waals surface area contributed by atoms with Crippen LogP contribution in [0.3, 0.4) is 0 Å². The molecule has 0 radical (unpaired) electrons.